The van der Waals surface area contributed by atoms with E-state index in [1.54, 1.807) is 6.92 Å². The van der Waals surface area contributed by atoms with Gasteiger partial charge < -0.3 is 0 Å². The number of halogens is 6. The van der Waals surface area contributed by atoms with Gasteiger partial charge >= 0.3 is 12.4 Å². The first-order valence-corrected chi connectivity index (χ1v) is 8.64. The van der Waals surface area contributed by atoms with Crippen molar-refractivity contribution in [3.63, 3.8) is 0 Å². The first-order chi connectivity index (χ1) is 11.9. The molecule has 2 heterocycles. The highest BCUT2D eigenvalue weighted by atomic mass is 32.2. The van der Waals surface area contributed by atoms with Gasteiger partial charge in [0.1, 0.15) is 5.69 Å². The summed E-state index contributed by atoms with van der Waals surface area (Å²) in [5.41, 5.74) is -1.40. The van der Waals surface area contributed by atoms with Gasteiger partial charge in [0.2, 0.25) is 9.81 Å². The van der Waals surface area contributed by atoms with Gasteiger partial charge in [-0.2, -0.15) is 36.4 Å². The fourth-order valence-corrected chi connectivity index (χ4v) is 3.28. The Morgan fingerprint density at radius 1 is 1.27 bits per heavy atom. The van der Waals surface area contributed by atoms with Crippen LogP contribution in [0.25, 0.3) is 0 Å². The third-order valence-electron chi connectivity index (χ3n) is 2.83. The SMILES string of the molecule is CCSc1cc(C(F)(F)F)cnc1C(=O)/N=c1\sc(C(F)(F)F)nn1C. The van der Waals surface area contributed by atoms with Crippen LogP contribution in [0.5, 0.6) is 0 Å². The second-order valence-corrected chi connectivity index (χ2v) is 6.99. The largest absolute Gasteiger partial charge is 0.445 e. The quantitative estimate of drug-likeness (QED) is 0.565. The minimum atomic E-state index is -4.70. The van der Waals surface area contributed by atoms with Crippen LogP contribution in [0.4, 0.5) is 26.3 Å². The number of nitrogens with zero attached hydrogens (tertiary/aromatic N) is 4. The zero-order valence-corrected chi connectivity index (χ0v) is 14.8. The van der Waals surface area contributed by atoms with Crippen LogP contribution in [0.15, 0.2) is 22.2 Å². The predicted molar refractivity (Wildman–Crippen MR) is 81.6 cm³/mol. The van der Waals surface area contributed by atoms with E-state index in [1.165, 1.54) is 7.05 Å². The topological polar surface area (TPSA) is 60.1 Å². The minimum absolute atomic E-state index is 0.0562. The van der Waals surface area contributed by atoms with E-state index in [4.69, 9.17) is 0 Å². The number of thioether (sulfide) groups is 1. The first-order valence-electron chi connectivity index (χ1n) is 6.84. The van der Waals surface area contributed by atoms with Crippen molar-refractivity contribution in [1.29, 1.82) is 0 Å². The maximum Gasteiger partial charge on any atom is 0.445 e. The van der Waals surface area contributed by atoms with Crippen LogP contribution in [0.1, 0.15) is 28.0 Å². The molecular weight excluding hydrogens is 406 g/mol. The second kappa shape index (κ2) is 7.39. The van der Waals surface area contributed by atoms with Crippen LogP contribution in [0.3, 0.4) is 0 Å². The molecule has 5 nitrogen and oxygen atoms in total. The Morgan fingerprint density at radius 3 is 2.42 bits per heavy atom. The Morgan fingerprint density at radius 2 is 1.92 bits per heavy atom. The molecule has 1 amide bonds. The molecule has 0 unspecified atom stereocenters. The van der Waals surface area contributed by atoms with E-state index >= 15 is 0 Å². The molecule has 0 aliphatic carbocycles. The number of carbonyl (C=O) groups excluding carboxylic acids is 1. The fourth-order valence-electron chi connectivity index (χ4n) is 1.73. The molecule has 0 N–H and O–H groups in total. The molecule has 2 aromatic rings. The molecule has 0 saturated carbocycles. The fraction of sp³-hybridized carbons (Fsp3) is 0.385. The van der Waals surface area contributed by atoms with Crippen molar-refractivity contribution in [3.05, 3.63) is 33.3 Å². The summed E-state index contributed by atoms with van der Waals surface area (Å²) in [7, 11) is 1.17. The summed E-state index contributed by atoms with van der Waals surface area (Å²) in [4.78, 5) is 18.9. The van der Waals surface area contributed by atoms with Crippen LogP contribution >= 0.6 is 23.1 Å². The van der Waals surface area contributed by atoms with Gasteiger partial charge in [0.05, 0.1) is 5.56 Å². The van der Waals surface area contributed by atoms with E-state index in [9.17, 15) is 31.1 Å². The van der Waals surface area contributed by atoms with Crippen molar-refractivity contribution in [3.8, 4) is 0 Å². The van der Waals surface area contributed by atoms with Crippen LogP contribution in [0, 0.1) is 0 Å². The molecule has 0 aromatic carbocycles. The Hall–Kier alpha value is -1.89. The summed E-state index contributed by atoms with van der Waals surface area (Å²) in [6.45, 7) is 1.66. The van der Waals surface area contributed by atoms with Crippen molar-refractivity contribution in [2.45, 2.75) is 24.2 Å². The average Bonchev–Trinajstić information content (AvgIpc) is 2.88. The molecule has 0 aliphatic heterocycles. The Labute approximate surface area is 150 Å². The monoisotopic (exact) mass is 416 g/mol. The number of amides is 1. The van der Waals surface area contributed by atoms with Crippen LogP contribution < -0.4 is 4.80 Å². The molecule has 0 spiro atoms. The van der Waals surface area contributed by atoms with Crippen molar-refractivity contribution in [1.82, 2.24) is 14.8 Å². The lowest BCUT2D eigenvalue weighted by Gasteiger charge is -2.10. The number of alkyl halides is 6. The number of carbonyl (C=O) groups is 1. The number of aryl methyl sites for hydroxylation is 1. The zero-order valence-electron chi connectivity index (χ0n) is 13.1. The average molecular weight is 416 g/mol. The molecule has 0 radical (unpaired) electrons. The predicted octanol–water partition coefficient (Wildman–Crippen LogP) is 3.77. The van der Waals surface area contributed by atoms with Gasteiger partial charge in [-0.3, -0.25) is 4.79 Å². The molecule has 26 heavy (non-hydrogen) atoms. The number of hydrogen-bond donors (Lipinski definition) is 0. The molecule has 0 aliphatic rings. The maximum atomic E-state index is 12.8. The number of hydrogen-bond acceptors (Lipinski definition) is 5. The van der Waals surface area contributed by atoms with E-state index < -0.39 is 28.8 Å². The molecular formula is C13H10F6N4OS2. The molecule has 2 aromatic heterocycles. The Bertz CT molecular complexity index is 884. The number of pyridine rings is 1. The molecule has 13 heteroatoms. The summed E-state index contributed by atoms with van der Waals surface area (Å²) >= 11 is 1.08. The van der Waals surface area contributed by atoms with Gasteiger partial charge in [-0.15, -0.1) is 11.8 Å². The summed E-state index contributed by atoms with van der Waals surface area (Å²) in [6.07, 6.45) is -8.86. The molecule has 0 saturated heterocycles. The van der Waals surface area contributed by atoms with Gasteiger partial charge in [-0.25, -0.2) is 9.67 Å². The second-order valence-electron chi connectivity index (χ2n) is 4.73. The van der Waals surface area contributed by atoms with Crippen molar-refractivity contribution in [2.24, 2.45) is 12.0 Å². The third kappa shape index (κ3) is 4.63. The highest BCUT2D eigenvalue weighted by Gasteiger charge is 2.36. The normalized spacial score (nSPS) is 13.3. The summed E-state index contributed by atoms with van der Waals surface area (Å²) in [6, 6.07) is 0.762. The van der Waals surface area contributed by atoms with Gasteiger partial charge in [-0.05, 0) is 11.8 Å². The van der Waals surface area contributed by atoms with Gasteiger partial charge in [0, 0.05) is 18.1 Å². The van der Waals surface area contributed by atoms with E-state index in [0.29, 0.717) is 11.9 Å². The van der Waals surface area contributed by atoms with Gasteiger partial charge in [0.15, 0.2) is 0 Å². The lowest BCUT2D eigenvalue weighted by Crippen LogP contribution is -2.16. The molecule has 0 bridgehead atoms. The van der Waals surface area contributed by atoms with Crippen LogP contribution in [-0.4, -0.2) is 26.4 Å². The van der Waals surface area contributed by atoms with Crippen molar-refractivity contribution < 1.29 is 31.1 Å². The Kier molecular flexibility index (Phi) is 5.80. The summed E-state index contributed by atoms with van der Waals surface area (Å²) in [5.74, 6) is -0.696. The van der Waals surface area contributed by atoms with E-state index in [0.717, 1.165) is 22.5 Å². The first kappa shape index (κ1) is 20.4. The Balaban J connectivity index is 2.48. The lowest BCUT2D eigenvalue weighted by atomic mass is 10.2. The van der Waals surface area contributed by atoms with Crippen LogP contribution in [0.2, 0.25) is 0 Å². The summed E-state index contributed by atoms with van der Waals surface area (Å²) < 4.78 is 77.1. The van der Waals surface area contributed by atoms with Gasteiger partial charge in [-0.1, -0.05) is 18.3 Å². The highest BCUT2D eigenvalue weighted by Crippen LogP contribution is 2.33. The summed E-state index contributed by atoms with van der Waals surface area (Å²) in [5, 5.41) is 2.02. The molecule has 2 rings (SSSR count). The molecule has 0 atom stereocenters. The highest BCUT2D eigenvalue weighted by molar-refractivity contribution is 7.99. The van der Waals surface area contributed by atoms with E-state index in [-0.39, 0.29) is 26.7 Å². The maximum absolute atomic E-state index is 12.8. The standard InChI is InChI=1S/C13H10F6N4OS2/c1-3-25-7-4-6(12(14,15)16)5-20-8(7)9(24)21-11-23(2)22-10(26-11)13(17,18)19/h4-5H,3H2,1-2H3/b21-11-. The van der Waals surface area contributed by atoms with Crippen molar-refractivity contribution in [2.75, 3.05) is 5.75 Å². The lowest BCUT2D eigenvalue weighted by molar-refractivity contribution is -0.139. The van der Waals surface area contributed by atoms with Crippen LogP contribution in [-0.2, 0) is 19.4 Å². The van der Waals surface area contributed by atoms with Gasteiger partial charge in [0.25, 0.3) is 5.91 Å². The zero-order chi connectivity index (χ0) is 19.7. The minimum Gasteiger partial charge on any atom is -0.265 e. The van der Waals surface area contributed by atoms with Crippen molar-refractivity contribution >= 4 is 29.0 Å². The molecule has 0 fully saturated rings. The smallest absolute Gasteiger partial charge is 0.265 e. The van der Waals surface area contributed by atoms with E-state index in [1.807, 2.05) is 0 Å². The number of aromatic nitrogens is 3. The van der Waals surface area contributed by atoms with E-state index in [2.05, 4.69) is 15.1 Å². The number of rotatable bonds is 3. The third-order valence-corrected chi connectivity index (χ3v) is 4.78. The molecule has 142 valence electrons.